The summed E-state index contributed by atoms with van der Waals surface area (Å²) in [6, 6.07) is 0. The first-order chi connectivity index (χ1) is 9.99. The fraction of sp³-hybridized carbons (Fsp3) is 0.692. The number of hydrogen-bond donors (Lipinski definition) is 2. The highest BCUT2D eigenvalue weighted by Gasteiger charge is 2.22. The first-order valence-electron chi connectivity index (χ1n) is 6.99. The summed E-state index contributed by atoms with van der Waals surface area (Å²) in [5, 5.41) is 17.2. The van der Waals surface area contributed by atoms with E-state index >= 15 is 0 Å². The molecule has 2 N–H and O–H groups in total. The van der Waals surface area contributed by atoms with Gasteiger partial charge >= 0.3 is 5.69 Å². The maximum atomic E-state index is 11.2. The highest BCUT2D eigenvalue weighted by atomic mass is 16.6. The van der Waals surface area contributed by atoms with Crippen LogP contribution in [-0.2, 0) is 4.74 Å². The molecule has 8 heteroatoms. The molecule has 0 saturated carbocycles. The molecule has 8 nitrogen and oxygen atoms in total. The number of nitro groups is 1. The van der Waals surface area contributed by atoms with Gasteiger partial charge in [0.05, 0.1) is 11.5 Å². The molecule has 1 unspecified atom stereocenters. The molecule has 1 rings (SSSR count). The van der Waals surface area contributed by atoms with Crippen molar-refractivity contribution in [2.24, 2.45) is 5.92 Å². The summed E-state index contributed by atoms with van der Waals surface area (Å²) in [5.41, 5.74) is 0.261. The summed E-state index contributed by atoms with van der Waals surface area (Å²) >= 11 is 0. The predicted octanol–water partition coefficient (Wildman–Crippen LogP) is 2.21. The molecule has 0 bridgehead atoms. The molecule has 1 heterocycles. The monoisotopic (exact) mass is 297 g/mol. The summed E-state index contributed by atoms with van der Waals surface area (Å²) in [6.07, 6.45) is 0.924. The molecule has 21 heavy (non-hydrogen) atoms. The minimum atomic E-state index is -0.456. The van der Waals surface area contributed by atoms with Gasteiger partial charge in [-0.25, -0.2) is 4.98 Å². The highest BCUT2D eigenvalue weighted by molar-refractivity contribution is 5.60. The zero-order chi connectivity index (χ0) is 15.8. The van der Waals surface area contributed by atoms with Crippen molar-refractivity contribution >= 4 is 17.5 Å². The maximum absolute atomic E-state index is 11.2. The van der Waals surface area contributed by atoms with Crippen LogP contribution in [0.1, 0.15) is 26.0 Å². The molecular weight excluding hydrogens is 274 g/mol. The summed E-state index contributed by atoms with van der Waals surface area (Å²) in [5.74, 6) is 0.868. The average molecular weight is 297 g/mol. The fourth-order valence-corrected chi connectivity index (χ4v) is 1.84. The van der Waals surface area contributed by atoms with Gasteiger partial charge < -0.3 is 15.4 Å². The molecule has 0 fully saturated rings. The second kappa shape index (κ2) is 8.35. The summed E-state index contributed by atoms with van der Waals surface area (Å²) < 4.78 is 5.05. The van der Waals surface area contributed by atoms with Crippen LogP contribution in [0.2, 0.25) is 0 Å². The van der Waals surface area contributed by atoms with E-state index in [9.17, 15) is 10.1 Å². The lowest BCUT2D eigenvalue weighted by molar-refractivity contribution is -0.385. The number of aryl methyl sites for hydroxylation is 1. The number of nitrogens with one attached hydrogen (secondary N) is 2. The van der Waals surface area contributed by atoms with Crippen LogP contribution >= 0.6 is 0 Å². The van der Waals surface area contributed by atoms with Crippen LogP contribution in [0.3, 0.4) is 0 Å². The molecule has 0 saturated heterocycles. The maximum Gasteiger partial charge on any atom is 0.332 e. The van der Waals surface area contributed by atoms with E-state index in [0.29, 0.717) is 24.8 Å². The van der Waals surface area contributed by atoms with E-state index in [2.05, 4.69) is 20.6 Å². The molecule has 1 aromatic heterocycles. The normalized spacial score (nSPS) is 12.0. The van der Waals surface area contributed by atoms with Gasteiger partial charge in [0.1, 0.15) is 5.69 Å². The lowest BCUT2D eigenvalue weighted by Crippen LogP contribution is -2.18. The van der Waals surface area contributed by atoms with E-state index in [1.807, 2.05) is 13.8 Å². The third-order valence-corrected chi connectivity index (χ3v) is 2.84. The van der Waals surface area contributed by atoms with Crippen molar-refractivity contribution < 1.29 is 9.66 Å². The standard InChI is InChI=1S/C13H23N5O3/c1-5-6-14-13-16-10(3)11(18(19)20)12(17-13)15-7-9(2)8-21-4/h9H,5-8H2,1-4H3,(H2,14,15,16,17). The molecule has 0 spiro atoms. The van der Waals surface area contributed by atoms with E-state index in [1.54, 1.807) is 14.0 Å². The van der Waals surface area contributed by atoms with Crippen molar-refractivity contribution in [3.8, 4) is 0 Å². The van der Waals surface area contributed by atoms with Crippen molar-refractivity contribution in [2.45, 2.75) is 27.2 Å². The zero-order valence-electron chi connectivity index (χ0n) is 13.0. The van der Waals surface area contributed by atoms with Crippen LogP contribution in [0.4, 0.5) is 17.5 Å². The Kier molecular flexibility index (Phi) is 6.80. The Morgan fingerprint density at radius 3 is 2.67 bits per heavy atom. The number of aromatic nitrogens is 2. The fourth-order valence-electron chi connectivity index (χ4n) is 1.84. The van der Waals surface area contributed by atoms with E-state index < -0.39 is 4.92 Å². The second-order valence-corrected chi connectivity index (χ2v) is 4.96. The van der Waals surface area contributed by atoms with Gasteiger partial charge in [-0.05, 0) is 19.3 Å². The summed E-state index contributed by atoms with van der Waals surface area (Å²) in [4.78, 5) is 19.1. The van der Waals surface area contributed by atoms with Crippen molar-refractivity contribution in [1.82, 2.24) is 9.97 Å². The van der Waals surface area contributed by atoms with Gasteiger partial charge in [0, 0.05) is 20.2 Å². The summed E-state index contributed by atoms with van der Waals surface area (Å²) in [7, 11) is 1.63. The Balaban J connectivity index is 2.95. The van der Waals surface area contributed by atoms with Gasteiger partial charge in [-0.1, -0.05) is 13.8 Å². The third-order valence-electron chi connectivity index (χ3n) is 2.84. The van der Waals surface area contributed by atoms with Crippen molar-refractivity contribution in [3.63, 3.8) is 0 Å². The highest BCUT2D eigenvalue weighted by Crippen LogP contribution is 2.26. The molecule has 0 aliphatic rings. The van der Waals surface area contributed by atoms with Gasteiger partial charge in [0.2, 0.25) is 11.8 Å². The van der Waals surface area contributed by atoms with E-state index in [-0.39, 0.29) is 17.4 Å². The van der Waals surface area contributed by atoms with Crippen LogP contribution in [0.5, 0.6) is 0 Å². The zero-order valence-corrected chi connectivity index (χ0v) is 13.0. The van der Waals surface area contributed by atoms with Crippen LogP contribution in [0.25, 0.3) is 0 Å². The Hall–Kier alpha value is -1.96. The van der Waals surface area contributed by atoms with Crippen LogP contribution in [0.15, 0.2) is 0 Å². The largest absolute Gasteiger partial charge is 0.384 e. The second-order valence-electron chi connectivity index (χ2n) is 4.96. The Labute approximate surface area is 124 Å². The average Bonchev–Trinajstić information content (AvgIpc) is 2.42. The van der Waals surface area contributed by atoms with Gasteiger partial charge in [-0.3, -0.25) is 10.1 Å². The van der Waals surface area contributed by atoms with Crippen LogP contribution < -0.4 is 10.6 Å². The first kappa shape index (κ1) is 17.1. The molecule has 0 radical (unpaired) electrons. The van der Waals surface area contributed by atoms with Crippen molar-refractivity contribution in [2.75, 3.05) is 37.4 Å². The van der Waals surface area contributed by atoms with Crippen LogP contribution in [0, 0.1) is 23.0 Å². The topological polar surface area (TPSA) is 102 Å². The molecule has 0 aliphatic carbocycles. The van der Waals surface area contributed by atoms with Gasteiger partial charge in [0.15, 0.2) is 0 Å². The smallest absolute Gasteiger partial charge is 0.332 e. The Morgan fingerprint density at radius 1 is 1.38 bits per heavy atom. The lowest BCUT2D eigenvalue weighted by Gasteiger charge is -2.13. The van der Waals surface area contributed by atoms with Gasteiger partial charge in [-0.15, -0.1) is 0 Å². The molecule has 0 amide bonds. The minimum Gasteiger partial charge on any atom is -0.384 e. The van der Waals surface area contributed by atoms with Gasteiger partial charge in [0.25, 0.3) is 0 Å². The van der Waals surface area contributed by atoms with Gasteiger partial charge in [-0.2, -0.15) is 4.98 Å². The molecule has 0 aromatic carbocycles. The van der Waals surface area contributed by atoms with E-state index in [4.69, 9.17) is 4.74 Å². The van der Waals surface area contributed by atoms with E-state index in [1.165, 1.54) is 0 Å². The quantitative estimate of drug-likeness (QED) is 0.532. The molecule has 1 aromatic rings. The molecule has 0 aliphatic heterocycles. The van der Waals surface area contributed by atoms with Crippen molar-refractivity contribution in [3.05, 3.63) is 15.8 Å². The van der Waals surface area contributed by atoms with E-state index in [0.717, 1.165) is 13.0 Å². The summed E-state index contributed by atoms with van der Waals surface area (Å²) in [6.45, 7) is 7.46. The van der Waals surface area contributed by atoms with Crippen LogP contribution in [-0.4, -0.2) is 41.7 Å². The molecule has 118 valence electrons. The number of nitrogens with zero attached hydrogens (tertiary/aromatic N) is 3. The SMILES string of the molecule is CCCNc1nc(C)c([N+](=O)[O-])c(NCC(C)COC)n1. The predicted molar refractivity (Wildman–Crippen MR) is 81.7 cm³/mol. The Morgan fingerprint density at radius 2 is 2.10 bits per heavy atom. The number of methoxy groups -OCH3 is 1. The lowest BCUT2D eigenvalue weighted by atomic mass is 10.2. The minimum absolute atomic E-state index is 0.0818. The molecular formula is C13H23N5O3. The number of anilines is 2. The Bertz CT molecular complexity index is 481. The molecule has 1 atom stereocenters. The third kappa shape index (κ3) is 5.14. The number of rotatable bonds is 9. The first-order valence-corrected chi connectivity index (χ1v) is 6.99. The number of ether oxygens (including phenoxy) is 1. The van der Waals surface area contributed by atoms with Crippen molar-refractivity contribution in [1.29, 1.82) is 0 Å². The number of hydrogen-bond acceptors (Lipinski definition) is 7.